The Kier molecular flexibility index (Phi) is 7.62. The normalized spacial score (nSPS) is 21.6. The number of halogens is 5. The molecule has 0 N–H and O–H groups in total. The van der Waals surface area contributed by atoms with Crippen molar-refractivity contribution in [3.8, 4) is 11.1 Å². The zero-order valence-electron chi connectivity index (χ0n) is 25.4. The van der Waals surface area contributed by atoms with Crippen LogP contribution in [0.1, 0.15) is 40.2 Å². The Hall–Kier alpha value is -3.39. The average molecular weight is 653 g/mol. The molecule has 1 amide bonds. The lowest BCUT2D eigenvalue weighted by atomic mass is 9.88. The van der Waals surface area contributed by atoms with E-state index in [1.165, 1.54) is 4.57 Å². The first-order chi connectivity index (χ1) is 21.0. The molecule has 2 fully saturated rings. The molecule has 0 bridgehead atoms. The van der Waals surface area contributed by atoms with Crippen molar-refractivity contribution in [3.05, 3.63) is 51.9 Å². The summed E-state index contributed by atoms with van der Waals surface area (Å²) in [4.78, 5) is 34.5. The number of benzene rings is 2. The molecule has 0 saturated carbocycles. The molecule has 8 nitrogen and oxygen atoms in total. The molecule has 4 heterocycles. The van der Waals surface area contributed by atoms with Crippen LogP contribution in [0.5, 0.6) is 0 Å². The standard InChI is InChI=1S/C31H33F5N4O4S/c1-16-11-39(28(42)44-29(3,4)5)17(2)10-38(16)26-20-9-21(31(34,35)36)23(19-7-6-18(32)8-22(19)33)25-24(20)40(27(41)37-26)12-30(15-45-25)13-43-14-30/h6-9,16-17H,10-15H2,1-5H3/t16-,17+/m0/s1. The maximum absolute atomic E-state index is 15.3. The Morgan fingerprint density at radius 1 is 1.09 bits per heavy atom. The van der Waals surface area contributed by atoms with Gasteiger partial charge in [-0.05, 0) is 52.8 Å². The molecule has 2 atom stereocenters. The zero-order valence-corrected chi connectivity index (χ0v) is 26.2. The molecule has 3 aliphatic rings. The first-order valence-electron chi connectivity index (χ1n) is 14.6. The van der Waals surface area contributed by atoms with Crippen LogP contribution in [0.3, 0.4) is 0 Å². The van der Waals surface area contributed by atoms with Gasteiger partial charge in [0.25, 0.3) is 0 Å². The molecule has 3 aliphatic heterocycles. The minimum absolute atomic E-state index is 0.0497. The van der Waals surface area contributed by atoms with Gasteiger partial charge in [-0.3, -0.25) is 4.57 Å². The number of nitrogens with zero attached hydrogens (tertiary/aromatic N) is 4. The van der Waals surface area contributed by atoms with E-state index in [9.17, 15) is 27.2 Å². The summed E-state index contributed by atoms with van der Waals surface area (Å²) in [6.07, 6.45) is -5.45. The molecule has 6 rings (SSSR count). The van der Waals surface area contributed by atoms with E-state index in [0.29, 0.717) is 25.0 Å². The van der Waals surface area contributed by atoms with E-state index in [0.717, 1.165) is 30.0 Å². The van der Waals surface area contributed by atoms with Gasteiger partial charge in [0, 0.05) is 70.4 Å². The molecule has 242 valence electrons. The van der Waals surface area contributed by atoms with E-state index in [-0.39, 0.29) is 41.3 Å². The largest absolute Gasteiger partial charge is 0.444 e. The van der Waals surface area contributed by atoms with Crippen LogP contribution in [0.2, 0.25) is 0 Å². The van der Waals surface area contributed by atoms with Crippen molar-refractivity contribution in [1.29, 1.82) is 0 Å². The summed E-state index contributed by atoms with van der Waals surface area (Å²) in [6, 6.07) is 2.50. The predicted molar refractivity (Wildman–Crippen MR) is 160 cm³/mol. The Balaban J connectivity index is 1.58. The molecule has 14 heteroatoms. The molecule has 45 heavy (non-hydrogen) atoms. The molecular weight excluding hydrogens is 619 g/mol. The highest BCUT2D eigenvalue weighted by atomic mass is 32.2. The maximum atomic E-state index is 15.3. The van der Waals surface area contributed by atoms with Gasteiger partial charge in [-0.2, -0.15) is 18.2 Å². The topological polar surface area (TPSA) is 76.9 Å². The minimum atomic E-state index is -4.93. The Morgan fingerprint density at radius 3 is 2.40 bits per heavy atom. The van der Waals surface area contributed by atoms with E-state index < -0.39 is 69.4 Å². The van der Waals surface area contributed by atoms with Gasteiger partial charge >= 0.3 is 18.0 Å². The van der Waals surface area contributed by atoms with Crippen LogP contribution >= 0.6 is 11.8 Å². The third-order valence-corrected chi connectivity index (χ3v) is 9.87. The molecule has 3 aromatic rings. The number of rotatable bonds is 2. The van der Waals surface area contributed by atoms with Crippen molar-refractivity contribution in [2.24, 2.45) is 5.41 Å². The molecule has 0 aliphatic carbocycles. The summed E-state index contributed by atoms with van der Waals surface area (Å²) in [5, 5.41) is 0.0813. The highest BCUT2D eigenvalue weighted by molar-refractivity contribution is 7.99. The Bertz CT molecular complexity index is 1750. The van der Waals surface area contributed by atoms with Crippen LogP contribution in [0, 0.1) is 17.0 Å². The average Bonchev–Trinajstić information content (AvgIpc) is 3.09. The number of alkyl halides is 3. The summed E-state index contributed by atoms with van der Waals surface area (Å²) in [7, 11) is 0. The quantitative estimate of drug-likeness (QED) is 0.300. The van der Waals surface area contributed by atoms with E-state index in [2.05, 4.69) is 4.98 Å². The zero-order chi connectivity index (χ0) is 32.6. The van der Waals surface area contributed by atoms with Crippen LogP contribution < -0.4 is 10.6 Å². The lowest BCUT2D eigenvalue weighted by molar-refractivity contribution is -0.137. The number of piperazine rings is 1. The second-order valence-electron chi connectivity index (χ2n) is 13.2. The smallest absolute Gasteiger partial charge is 0.417 e. The monoisotopic (exact) mass is 652 g/mol. The van der Waals surface area contributed by atoms with Gasteiger partial charge in [-0.15, -0.1) is 11.8 Å². The first-order valence-corrected chi connectivity index (χ1v) is 15.6. The van der Waals surface area contributed by atoms with E-state index in [4.69, 9.17) is 9.47 Å². The van der Waals surface area contributed by atoms with Gasteiger partial charge in [0.1, 0.15) is 23.1 Å². The summed E-state index contributed by atoms with van der Waals surface area (Å²) < 4.78 is 86.3. The number of carbonyl (C=O) groups excluding carboxylic acids is 1. The molecule has 1 aromatic heterocycles. The third kappa shape index (κ3) is 5.64. The first kappa shape index (κ1) is 31.6. The van der Waals surface area contributed by atoms with Crippen LogP contribution in [0.15, 0.2) is 34.0 Å². The predicted octanol–water partition coefficient (Wildman–Crippen LogP) is 6.32. The molecule has 2 aromatic carbocycles. The Morgan fingerprint density at radius 2 is 1.80 bits per heavy atom. The minimum Gasteiger partial charge on any atom is -0.444 e. The van der Waals surface area contributed by atoms with Gasteiger partial charge in [0.2, 0.25) is 0 Å². The van der Waals surface area contributed by atoms with Crippen molar-refractivity contribution in [3.63, 3.8) is 0 Å². The number of hydrogen-bond acceptors (Lipinski definition) is 7. The fourth-order valence-corrected chi connectivity index (χ4v) is 7.68. The second kappa shape index (κ2) is 10.9. The summed E-state index contributed by atoms with van der Waals surface area (Å²) in [6.45, 7) is 9.96. The molecule has 0 radical (unpaired) electrons. The van der Waals surface area contributed by atoms with Crippen molar-refractivity contribution in [2.75, 3.05) is 37.0 Å². The lowest BCUT2D eigenvalue weighted by Gasteiger charge is -2.45. The number of ether oxygens (including phenoxy) is 2. The van der Waals surface area contributed by atoms with Gasteiger partial charge in [-0.25, -0.2) is 18.4 Å². The van der Waals surface area contributed by atoms with Gasteiger partial charge < -0.3 is 19.3 Å². The fourth-order valence-electron chi connectivity index (χ4n) is 6.25. The molecular formula is C31H33F5N4O4S. The summed E-state index contributed by atoms with van der Waals surface area (Å²) in [5.41, 5.74) is -3.69. The number of aromatic nitrogens is 2. The number of carbonyl (C=O) groups is 1. The maximum Gasteiger partial charge on any atom is 0.417 e. The van der Waals surface area contributed by atoms with Gasteiger partial charge in [0.15, 0.2) is 0 Å². The van der Waals surface area contributed by atoms with Gasteiger partial charge in [-0.1, -0.05) is 0 Å². The van der Waals surface area contributed by atoms with Crippen molar-refractivity contribution < 1.29 is 36.2 Å². The summed E-state index contributed by atoms with van der Waals surface area (Å²) >= 11 is 1.11. The Labute approximate surface area is 260 Å². The second-order valence-corrected chi connectivity index (χ2v) is 14.2. The highest BCUT2D eigenvalue weighted by Gasteiger charge is 2.45. The molecule has 1 spiro atoms. The van der Waals surface area contributed by atoms with Crippen LogP contribution in [-0.2, 0) is 22.2 Å². The fraction of sp³-hybridized carbons (Fsp3) is 0.516. The van der Waals surface area contributed by atoms with Crippen LogP contribution in [-0.4, -0.2) is 70.3 Å². The van der Waals surface area contributed by atoms with Crippen LogP contribution in [0.25, 0.3) is 22.0 Å². The molecule has 0 unspecified atom stereocenters. The van der Waals surface area contributed by atoms with Crippen molar-refractivity contribution in [2.45, 2.75) is 69.9 Å². The summed E-state index contributed by atoms with van der Waals surface area (Å²) in [5.74, 6) is -1.70. The van der Waals surface area contributed by atoms with E-state index in [1.807, 2.05) is 0 Å². The molecule has 2 saturated heterocycles. The number of anilines is 1. The number of amides is 1. The van der Waals surface area contributed by atoms with Crippen molar-refractivity contribution in [1.82, 2.24) is 14.5 Å². The van der Waals surface area contributed by atoms with Gasteiger partial charge in [0.05, 0.1) is 24.3 Å². The number of thioether (sulfide) groups is 1. The lowest BCUT2D eigenvalue weighted by Crippen LogP contribution is -2.59. The van der Waals surface area contributed by atoms with Crippen molar-refractivity contribution >= 4 is 34.6 Å². The van der Waals surface area contributed by atoms with E-state index >= 15 is 4.39 Å². The number of hydrogen-bond donors (Lipinski definition) is 0. The van der Waals surface area contributed by atoms with E-state index in [1.54, 1.807) is 44.4 Å². The van der Waals surface area contributed by atoms with Crippen LogP contribution in [0.4, 0.5) is 32.6 Å². The third-order valence-electron chi connectivity index (χ3n) is 8.42. The SMILES string of the molecule is C[C@@H]1CN(c2nc(=O)n3c4c(c(-c5ccc(F)cc5F)c(C(F)(F)F)cc24)SCC2(COC2)C3)[C@@H](C)CN1C(=O)OC(C)(C)C. The highest BCUT2D eigenvalue weighted by Crippen LogP contribution is 2.51.